The Kier molecular flexibility index (Phi) is 4.03. The molecule has 0 aromatic carbocycles. The molecule has 5 nitrogen and oxygen atoms in total. The van der Waals surface area contributed by atoms with E-state index in [1.54, 1.807) is 0 Å². The quantitative estimate of drug-likeness (QED) is 0.772. The predicted octanol–water partition coefficient (Wildman–Crippen LogP) is 1.23. The number of nitrogens with two attached hydrogens (primary N) is 1. The molecule has 2 atom stereocenters. The summed E-state index contributed by atoms with van der Waals surface area (Å²) in [7, 11) is 0. The molecule has 0 bridgehead atoms. The largest absolute Gasteiger partial charge is 0.371 e. The van der Waals surface area contributed by atoms with Gasteiger partial charge in [-0.3, -0.25) is 0 Å². The summed E-state index contributed by atoms with van der Waals surface area (Å²) in [6, 6.07) is 0. The van der Waals surface area contributed by atoms with Gasteiger partial charge in [-0.25, -0.2) is 0 Å². The third-order valence-electron chi connectivity index (χ3n) is 2.01. The molecule has 1 heterocycles. The molecule has 0 fully saturated rings. The van der Waals surface area contributed by atoms with Gasteiger partial charge in [-0.2, -0.15) is 4.98 Å². The smallest absolute Gasteiger partial charge is 0.230 e. The van der Waals surface area contributed by atoms with Crippen LogP contribution in [0.5, 0.6) is 0 Å². The molecule has 0 spiro atoms. The van der Waals surface area contributed by atoms with Crippen LogP contribution in [-0.2, 0) is 4.74 Å². The number of hydrogen-bond acceptors (Lipinski definition) is 5. The fourth-order valence-electron chi connectivity index (χ4n) is 1.04. The molecule has 0 saturated heterocycles. The first-order chi connectivity index (χ1) is 6.69. The van der Waals surface area contributed by atoms with E-state index in [9.17, 15) is 0 Å². The maximum Gasteiger partial charge on any atom is 0.230 e. The second kappa shape index (κ2) is 5.07. The Morgan fingerprint density at radius 2 is 2.21 bits per heavy atom. The van der Waals surface area contributed by atoms with E-state index < -0.39 is 0 Å². The molecule has 1 aromatic heterocycles. The van der Waals surface area contributed by atoms with Gasteiger partial charge in [0.05, 0.1) is 0 Å². The van der Waals surface area contributed by atoms with E-state index in [0.29, 0.717) is 24.9 Å². The zero-order valence-electron chi connectivity index (χ0n) is 8.86. The van der Waals surface area contributed by atoms with Crippen LogP contribution in [0.4, 0.5) is 0 Å². The topological polar surface area (TPSA) is 74.2 Å². The molecule has 1 rings (SSSR count). The van der Waals surface area contributed by atoms with Gasteiger partial charge in [0, 0.05) is 19.1 Å². The minimum Gasteiger partial charge on any atom is -0.371 e. The van der Waals surface area contributed by atoms with E-state index in [0.717, 1.165) is 0 Å². The third-order valence-corrected chi connectivity index (χ3v) is 2.01. The highest BCUT2D eigenvalue weighted by atomic mass is 16.5. The number of nitrogens with zero attached hydrogens (tertiary/aromatic N) is 2. The van der Waals surface area contributed by atoms with Crippen molar-refractivity contribution in [2.24, 2.45) is 5.73 Å². The van der Waals surface area contributed by atoms with Crippen LogP contribution < -0.4 is 5.73 Å². The van der Waals surface area contributed by atoms with Crippen LogP contribution in [0.1, 0.15) is 44.5 Å². The summed E-state index contributed by atoms with van der Waals surface area (Å²) in [5.41, 5.74) is 5.49. The second-order valence-corrected chi connectivity index (χ2v) is 3.23. The van der Waals surface area contributed by atoms with Gasteiger partial charge >= 0.3 is 0 Å². The summed E-state index contributed by atoms with van der Waals surface area (Å²) in [4.78, 5) is 4.22. The summed E-state index contributed by atoms with van der Waals surface area (Å²) in [5, 5.41) is 3.84. The van der Waals surface area contributed by atoms with Gasteiger partial charge in [-0.15, -0.1) is 0 Å². The lowest BCUT2D eigenvalue weighted by Crippen LogP contribution is -2.09. The van der Waals surface area contributed by atoms with Crippen molar-refractivity contribution in [3.63, 3.8) is 0 Å². The Hall–Kier alpha value is -0.940. The highest BCUT2D eigenvalue weighted by Gasteiger charge is 2.16. The van der Waals surface area contributed by atoms with Crippen molar-refractivity contribution >= 4 is 0 Å². The monoisotopic (exact) mass is 199 g/mol. The zero-order chi connectivity index (χ0) is 10.6. The van der Waals surface area contributed by atoms with Gasteiger partial charge in [0.2, 0.25) is 5.89 Å². The minimum atomic E-state index is -0.123. The van der Waals surface area contributed by atoms with E-state index in [1.165, 1.54) is 0 Å². The summed E-state index contributed by atoms with van der Waals surface area (Å²) >= 11 is 0. The van der Waals surface area contributed by atoms with Crippen molar-refractivity contribution in [2.75, 3.05) is 13.2 Å². The standard InChI is InChI=1S/C9H17N3O2/c1-4-13-7(3)8-11-9(14-12-8)6(2)5-10/h6-7H,4-5,10H2,1-3H3. The van der Waals surface area contributed by atoms with Crippen LogP contribution >= 0.6 is 0 Å². The fourth-order valence-corrected chi connectivity index (χ4v) is 1.04. The normalized spacial score (nSPS) is 15.4. The molecule has 0 aliphatic carbocycles. The minimum absolute atomic E-state index is 0.102. The molecule has 0 amide bonds. The van der Waals surface area contributed by atoms with Gasteiger partial charge in [0.1, 0.15) is 6.10 Å². The molecule has 0 radical (unpaired) electrons. The molecule has 80 valence electrons. The molecule has 0 aliphatic rings. The zero-order valence-corrected chi connectivity index (χ0v) is 8.86. The maximum atomic E-state index is 5.49. The molecule has 2 N–H and O–H groups in total. The fraction of sp³-hybridized carbons (Fsp3) is 0.778. The lowest BCUT2D eigenvalue weighted by atomic mass is 10.2. The van der Waals surface area contributed by atoms with E-state index >= 15 is 0 Å². The molecule has 1 aromatic rings. The molecule has 0 saturated carbocycles. The molecular weight excluding hydrogens is 182 g/mol. The Labute approximate surface area is 83.6 Å². The van der Waals surface area contributed by atoms with Crippen molar-refractivity contribution < 1.29 is 9.26 Å². The predicted molar refractivity (Wildman–Crippen MR) is 51.8 cm³/mol. The Morgan fingerprint density at radius 1 is 1.50 bits per heavy atom. The first kappa shape index (κ1) is 11.1. The second-order valence-electron chi connectivity index (χ2n) is 3.23. The first-order valence-electron chi connectivity index (χ1n) is 4.84. The first-order valence-corrected chi connectivity index (χ1v) is 4.84. The van der Waals surface area contributed by atoms with Crippen molar-refractivity contribution in [3.05, 3.63) is 11.7 Å². The average molecular weight is 199 g/mol. The summed E-state index contributed by atoms with van der Waals surface area (Å²) in [6.45, 7) is 6.91. The summed E-state index contributed by atoms with van der Waals surface area (Å²) in [6.07, 6.45) is -0.123. The highest BCUT2D eigenvalue weighted by Crippen LogP contribution is 2.16. The number of aromatic nitrogens is 2. The molecule has 14 heavy (non-hydrogen) atoms. The van der Waals surface area contributed by atoms with Crippen molar-refractivity contribution in [3.8, 4) is 0 Å². The third kappa shape index (κ3) is 2.52. The Morgan fingerprint density at radius 3 is 2.79 bits per heavy atom. The average Bonchev–Trinajstić information content (AvgIpc) is 2.66. The van der Waals surface area contributed by atoms with Crippen LogP contribution in [0, 0.1) is 0 Å². The van der Waals surface area contributed by atoms with Crippen LogP contribution in [0.25, 0.3) is 0 Å². The van der Waals surface area contributed by atoms with E-state index in [1.807, 2.05) is 20.8 Å². The van der Waals surface area contributed by atoms with Gasteiger partial charge in [-0.1, -0.05) is 12.1 Å². The molecular formula is C9H17N3O2. The Balaban J connectivity index is 2.67. The molecule has 5 heteroatoms. The summed E-state index contributed by atoms with van der Waals surface area (Å²) in [5.74, 6) is 1.27. The van der Waals surface area contributed by atoms with Gasteiger partial charge < -0.3 is 15.0 Å². The SMILES string of the molecule is CCOC(C)c1noc(C(C)CN)n1. The lowest BCUT2D eigenvalue weighted by Gasteiger charge is -2.05. The number of ether oxygens (including phenoxy) is 1. The van der Waals surface area contributed by atoms with Gasteiger partial charge in [0.15, 0.2) is 5.82 Å². The highest BCUT2D eigenvalue weighted by molar-refractivity contribution is 4.94. The number of hydrogen-bond donors (Lipinski definition) is 1. The van der Waals surface area contributed by atoms with Crippen LogP contribution in [0.15, 0.2) is 4.52 Å². The van der Waals surface area contributed by atoms with E-state index in [2.05, 4.69) is 10.1 Å². The van der Waals surface area contributed by atoms with Crippen LogP contribution in [0.3, 0.4) is 0 Å². The molecule has 0 aliphatic heterocycles. The van der Waals surface area contributed by atoms with Gasteiger partial charge in [0.25, 0.3) is 0 Å². The van der Waals surface area contributed by atoms with Crippen LogP contribution in [-0.4, -0.2) is 23.3 Å². The number of rotatable bonds is 5. The Bertz CT molecular complexity index is 275. The van der Waals surface area contributed by atoms with Gasteiger partial charge in [-0.05, 0) is 13.8 Å². The van der Waals surface area contributed by atoms with Crippen LogP contribution in [0.2, 0.25) is 0 Å². The van der Waals surface area contributed by atoms with Crippen molar-refractivity contribution in [1.82, 2.24) is 10.1 Å². The van der Waals surface area contributed by atoms with Crippen molar-refractivity contribution in [1.29, 1.82) is 0 Å². The lowest BCUT2D eigenvalue weighted by molar-refractivity contribution is 0.0683. The van der Waals surface area contributed by atoms with E-state index in [4.69, 9.17) is 15.0 Å². The molecule has 2 unspecified atom stereocenters. The van der Waals surface area contributed by atoms with E-state index in [-0.39, 0.29) is 12.0 Å². The maximum absolute atomic E-state index is 5.49. The van der Waals surface area contributed by atoms with Crippen molar-refractivity contribution in [2.45, 2.75) is 32.8 Å². The summed E-state index contributed by atoms with van der Waals surface area (Å²) < 4.78 is 10.4.